The number of morpholine rings is 1. The quantitative estimate of drug-likeness (QED) is 0.851. The van der Waals surface area contributed by atoms with Crippen LogP contribution in [0.1, 0.15) is 6.92 Å². The predicted molar refractivity (Wildman–Crippen MR) is 63.7 cm³/mol. The normalized spacial score (nSPS) is 15.8. The molecule has 0 bridgehead atoms. The molecule has 1 heterocycles. The molecule has 0 atom stereocenters. The second kappa shape index (κ2) is 5.14. The van der Waals surface area contributed by atoms with Crippen molar-refractivity contribution in [2.45, 2.75) is 6.92 Å². The van der Waals surface area contributed by atoms with Gasteiger partial charge in [-0.05, 0) is 18.2 Å². The van der Waals surface area contributed by atoms with Gasteiger partial charge in [-0.3, -0.25) is 4.79 Å². The van der Waals surface area contributed by atoms with E-state index in [-0.39, 0.29) is 11.7 Å². The number of anilines is 2. The van der Waals surface area contributed by atoms with Crippen LogP contribution < -0.4 is 10.2 Å². The first-order chi connectivity index (χ1) is 8.16. The number of carbonyl (C=O) groups is 1. The lowest BCUT2D eigenvalue weighted by Crippen LogP contribution is -2.36. The molecule has 1 aliphatic rings. The third kappa shape index (κ3) is 2.94. The highest BCUT2D eigenvalue weighted by Crippen LogP contribution is 2.27. The molecule has 1 fully saturated rings. The molecule has 5 heteroatoms. The number of ether oxygens (including phenoxy) is 1. The van der Waals surface area contributed by atoms with Gasteiger partial charge in [0.05, 0.1) is 24.6 Å². The summed E-state index contributed by atoms with van der Waals surface area (Å²) in [6.45, 7) is 4.21. The zero-order chi connectivity index (χ0) is 12.3. The molecule has 0 aliphatic carbocycles. The van der Waals surface area contributed by atoms with Gasteiger partial charge in [-0.25, -0.2) is 4.39 Å². The van der Waals surface area contributed by atoms with Crippen molar-refractivity contribution in [1.29, 1.82) is 0 Å². The van der Waals surface area contributed by atoms with Crippen LogP contribution in [-0.4, -0.2) is 32.2 Å². The molecule has 2 rings (SSSR count). The number of amides is 1. The first kappa shape index (κ1) is 11.9. The number of rotatable bonds is 2. The number of hydrogen-bond acceptors (Lipinski definition) is 3. The van der Waals surface area contributed by atoms with Gasteiger partial charge in [-0.15, -0.1) is 0 Å². The Kier molecular flexibility index (Phi) is 3.58. The van der Waals surface area contributed by atoms with Gasteiger partial charge in [-0.1, -0.05) is 0 Å². The second-order valence-corrected chi connectivity index (χ2v) is 3.94. The molecule has 0 unspecified atom stereocenters. The standard InChI is InChI=1S/C12H15FN2O2/c1-9(16)14-11-8-10(13)2-3-12(11)15-4-6-17-7-5-15/h2-3,8H,4-7H2,1H3,(H,14,16). The molecule has 0 spiro atoms. The first-order valence-corrected chi connectivity index (χ1v) is 5.56. The number of carbonyl (C=O) groups excluding carboxylic acids is 1. The molecule has 1 aliphatic heterocycles. The fourth-order valence-electron chi connectivity index (χ4n) is 1.88. The second-order valence-electron chi connectivity index (χ2n) is 3.94. The summed E-state index contributed by atoms with van der Waals surface area (Å²) in [6.07, 6.45) is 0. The molecule has 4 nitrogen and oxygen atoms in total. The SMILES string of the molecule is CC(=O)Nc1cc(F)ccc1N1CCOCC1. The summed E-state index contributed by atoms with van der Waals surface area (Å²) in [5.41, 5.74) is 1.35. The highest BCUT2D eigenvalue weighted by Gasteiger charge is 2.15. The smallest absolute Gasteiger partial charge is 0.221 e. The zero-order valence-corrected chi connectivity index (χ0v) is 9.70. The first-order valence-electron chi connectivity index (χ1n) is 5.56. The summed E-state index contributed by atoms with van der Waals surface area (Å²) in [6, 6.07) is 4.42. The van der Waals surface area contributed by atoms with Gasteiger partial charge in [0.2, 0.25) is 5.91 Å². The molecule has 92 valence electrons. The van der Waals surface area contributed by atoms with Crippen LogP contribution in [0, 0.1) is 5.82 Å². The van der Waals surface area contributed by atoms with Crippen LogP contribution in [0.25, 0.3) is 0 Å². The molecule has 0 radical (unpaired) electrons. The van der Waals surface area contributed by atoms with Crippen LogP contribution in [0.5, 0.6) is 0 Å². The van der Waals surface area contributed by atoms with Crippen molar-refractivity contribution in [1.82, 2.24) is 0 Å². The van der Waals surface area contributed by atoms with Crippen molar-refractivity contribution in [2.24, 2.45) is 0 Å². The summed E-state index contributed by atoms with van der Waals surface area (Å²) in [7, 11) is 0. The topological polar surface area (TPSA) is 41.6 Å². The van der Waals surface area contributed by atoms with Gasteiger partial charge in [0, 0.05) is 20.0 Å². The van der Waals surface area contributed by atoms with Crippen LogP contribution in [0.4, 0.5) is 15.8 Å². The van der Waals surface area contributed by atoms with Gasteiger partial charge in [-0.2, -0.15) is 0 Å². The van der Waals surface area contributed by atoms with Crippen molar-refractivity contribution in [3.05, 3.63) is 24.0 Å². The summed E-state index contributed by atoms with van der Waals surface area (Å²) in [5, 5.41) is 2.65. The lowest BCUT2D eigenvalue weighted by Gasteiger charge is -2.30. The van der Waals surface area contributed by atoms with Crippen molar-refractivity contribution in [3.8, 4) is 0 Å². The highest BCUT2D eigenvalue weighted by molar-refractivity contribution is 5.92. The van der Waals surface area contributed by atoms with E-state index in [1.807, 2.05) is 0 Å². The number of hydrogen-bond donors (Lipinski definition) is 1. The number of nitrogens with one attached hydrogen (secondary N) is 1. The summed E-state index contributed by atoms with van der Waals surface area (Å²) >= 11 is 0. The number of benzene rings is 1. The maximum Gasteiger partial charge on any atom is 0.221 e. The largest absolute Gasteiger partial charge is 0.378 e. The molecule has 1 saturated heterocycles. The molecule has 0 saturated carbocycles. The lowest BCUT2D eigenvalue weighted by atomic mass is 10.2. The third-order valence-electron chi connectivity index (χ3n) is 2.62. The van der Waals surface area contributed by atoms with Crippen molar-refractivity contribution in [2.75, 3.05) is 36.5 Å². The Balaban J connectivity index is 2.27. The monoisotopic (exact) mass is 238 g/mol. The number of halogens is 1. The molecule has 0 aromatic heterocycles. The van der Waals surface area contributed by atoms with E-state index in [1.54, 1.807) is 6.07 Å². The van der Waals surface area contributed by atoms with Gasteiger partial charge in [0.15, 0.2) is 0 Å². The fraction of sp³-hybridized carbons (Fsp3) is 0.417. The summed E-state index contributed by atoms with van der Waals surface area (Å²) in [5.74, 6) is -0.559. The predicted octanol–water partition coefficient (Wildman–Crippen LogP) is 1.62. The third-order valence-corrected chi connectivity index (χ3v) is 2.62. The molecule has 1 N–H and O–H groups in total. The average Bonchev–Trinajstić information content (AvgIpc) is 2.29. The summed E-state index contributed by atoms with van der Waals surface area (Å²) in [4.78, 5) is 13.2. The van der Waals surface area contributed by atoms with Gasteiger partial charge >= 0.3 is 0 Å². The molecule has 17 heavy (non-hydrogen) atoms. The van der Waals surface area contributed by atoms with E-state index < -0.39 is 0 Å². The molecule has 1 aromatic rings. The Hall–Kier alpha value is -1.62. The fourth-order valence-corrected chi connectivity index (χ4v) is 1.88. The van der Waals surface area contributed by atoms with Gasteiger partial charge in [0.25, 0.3) is 0 Å². The molecule has 1 amide bonds. The van der Waals surface area contributed by atoms with Crippen LogP contribution in [0.15, 0.2) is 18.2 Å². The minimum atomic E-state index is -0.356. The van der Waals surface area contributed by atoms with E-state index in [9.17, 15) is 9.18 Å². The van der Waals surface area contributed by atoms with Crippen molar-refractivity contribution >= 4 is 17.3 Å². The Morgan fingerprint density at radius 1 is 1.41 bits per heavy atom. The molecular formula is C12H15FN2O2. The lowest BCUT2D eigenvalue weighted by molar-refractivity contribution is -0.114. The Morgan fingerprint density at radius 3 is 2.76 bits per heavy atom. The average molecular weight is 238 g/mol. The van der Waals surface area contributed by atoms with E-state index in [0.717, 1.165) is 18.8 Å². The Labute approximate surface area is 99.4 Å². The van der Waals surface area contributed by atoms with Crippen LogP contribution >= 0.6 is 0 Å². The summed E-state index contributed by atoms with van der Waals surface area (Å²) < 4.78 is 18.4. The Bertz CT molecular complexity index is 417. The van der Waals surface area contributed by atoms with E-state index in [1.165, 1.54) is 19.1 Å². The van der Waals surface area contributed by atoms with Crippen molar-refractivity contribution in [3.63, 3.8) is 0 Å². The maximum absolute atomic E-state index is 13.2. The van der Waals surface area contributed by atoms with E-state index >= 15 is 0 Å². The van der Waals surface area contributed by atoms with E-state index in [2.05, 4.69) is 10.2 Å². The Morgan fingerprint density at radius 2 is 2.12 bits per heavy atom. The minimum Gasteiger partial charge on any atom is -0.378 e. The number of nitrogens with zero attached hydrogens (tertiary/aromatic N) is 1. The van der Waals surface area contributed by atoms with Gasteiger partial charge < -0.3 is 15.0 Å². The highest BCUT2D eigenvalue weighted by atomic mass is 19.1. The van der Waals surface area contributed by atoms with Gasteiger partial charge in [0.1, 0.15) is 5.82 Å². The van der Waals surface area contributed by atoms with Crippen molar-refractivity contribution < 1.29 is 13.9 Å². The van der Waals surface area contributed by atoms with E-state index in [0.29, 0.717) is 18.9 Å². The molecular weight excluding hydrogens is 223 g/mol. The molecule has 1 aromatic carbocycles. The zero-order valence-electron chi connectivity index (χ0n) is 9.70. The minimum absolute atomic E-state index is 0.204. The van der Waals surface area contributed by atoms with E-state index in [4.69, 9.17) is 4.74 Å². The van der Waals surface area contributed by atoms with Crippen LogP contribution in [0.3, 0.4) is 0 Å². The van der Waals surface area contributed by atoms with Crippen LogP contribution in [-0.2, 0) is 9.53 Å². The van der Waals surface area contributed by atoms with Crippen LogP contribution in [0.2, 0.25) is 0 Å². The maximum atomic E-state index is 13.2.